The molecule has 0 saturated heterocycles. The van der Waals surface area contributed by atoms with E-state index < -0.39 is 0 Å². The van der Waals surface area contributed by atoms with E-state index in [1.165, 1.54) is 16.9 Å². The highest BCUT2D eigenvalue weighted by Crippen LogP contribution is 2.40. The molecule has 2 N–H and O–H groups in total. The Bertz CT molecular complexity index is 556. The van der Waals surface area contributed by atoms with Gasteiger partial charge in [0.15, 0.2) is 0 Å². The van der Waals surface area contributed by atoms with Crippen LogP contribution in [0.15, 0.2) is 34.5 Å². The average molecular weight is 290 g/mol. The molecule has 0 atom stereocenters. The van der Waals surface area contributed by atoms with Crippen molar-refractivity contribution in [3.8, 4) is 10.6 Å². The maximum absolute atomic E-state index is 6.32. The molecule has 1 aliphatic carbocycles. The maximum atomic E-state index is 6.32. The summed E-state index contributed by atoms with van der Waals surface area (Å²) in [6, 6.07) is 8.66. The first-order chi connectivity index (χ1) is 9.21. The smallest absolute Gasteiger partial charge is 0.123 e. The summed E-state index contributed by atoms with van der Waals surface area (Å²) in [5.41, 5.74) is 8.44. The highest BCUT2D eigenvalue weighted by atomic mass is 32.2. The van der Waals surface area contributed by atoms with Crippen LogP contribution in [0.3, 0.4) is 0 Å². The van der Waals surface area contributed by atoms with Crippen molar-refractivity contribution in [3.63, 3.8) is 0 Å². The van der Waals surface area contributed by atoms with Crippen LogP contribution in [0, 0.1) is 0 Å². The van der Waals surface area contributed by atoms with Gasteiger partial charge in [0.1, 0.15) is 5.01 Å². The van der Waals surface area contributed by atoms with Gasteiger partial charge in [0.25, 0.3) is 0 Å². The van der Waals surface area contributed by atoms with Gasteiger partial charge >= 0.3 is 0 Å². The quantitative estimate of drug-likeness (QED) is 0.855. The van der Waals surface area contributed by atoms with Crippen LogP contribution in [-0.4, -0.2) is 10.7 Å². The molecule has 4 heteroatoms. The molecule has 0 unspecified atom stereocenters. The molecule has 0 spiro atoms. The van der Waals surface area contributed by atoms with Crippen molar-refractivity contribution in [2.24, 2.45) is 5.73 Å². The molecule has 1 aromatic carbocycles. The molecule has 0 amide bonds. The normalized spacial score (nSPS) is 17.2. The van der Waals surface area contributed by atoms with Crippen molar-refractivity contribution in [2.75, 3.05) is 5.75 Å². The Labute approximate surface area is 122 Å². The topological polar surface area (TPSA) is 38.9 Å². The monoisotopic (exact) mass is 290 g/mol. The summed E-state index contributed by atoms with van der Waals surface area (Å²) in [7, 11) is 0. The van der Waals surface area contributed by atoms with Crippen LogP contribution in [0.4, 0.5) is 0 Å². The molecule has 3 rings (SSSR count). The van der Waals surface area contributed by atoms with Gasteiger partial charge in [-0.25, -0.2) is 4.98 Å². The lowest BCUT2D eigenvalue weighted by Crippen LogP contribution is -2.43. The van der Waals surface area contributed by atoms with Crippen LogP contribution < -0.4 is 5.73 Å². The summed E-state index contributed by atoms with van der Waals surface area (Å²) < 4.78 is 0. The second kappa shape index (κ2) is 5.27. The molecule has 2 nitrogen and oxygen atoms in total. The molecule has 1 aromatic heterocycles. The summed E-state index contributed by atoms with van der Waals surface area (Å²) in [4.78, 5) is 6.05. The lowest BCUT2D eigenvalue weighted by molar-refractivity contribution is 0.247. The number of aromatic nitrogens is 1. The lowest BCUT2D eigenvalue weighted by atomic mass is 9.76. The second-order valence-electron chi connectivity index (χ2n) is 5.00. The van der Waals surface area contributed by atoms with Crippen LogP contribution in [0.5, 0.6) is 0 Å². The van der Waals surface area contributed by atoms with Crippen LogP contribution in [0.25, 0.3) is 10.6 Å². The first-order valence-corrected chi connectivity index (χ1v) is 8.56. The Hall–Kier alpha value is -0.840. The Kier molecular flexibility index (Phi) is 3.65. The Balaban J connectivity index is 1.82. The van der Waals surface area contributed by atoms with Gasteiger partial charge in [-0.3, -0.25) is 0 Å². The number of benzene rings is 1. The fraction of sp³-hybridized carbons (Fsp3) is 0.400. The standard InChI is InChI=1S/C15H18N2S2/c1-2-18-12-6-4-11(5-7-12)14-17-13(10-19-14)15(16)8-3-9-15/h4-7,10H,2-3,8-9,16H2,1H3. The number of hydrogen-bond donors (Lipinski definition) is 1. The van der Waals surface area contributed by atoms with Gasteiger partial charge in [-0.05, 0) is 37.1 Å². The highest BCUT2D eigenvalue weighted by molar-refractivity contribution is 7.99. The first-order valence-electron chi connectivity index (χ1n) is 6.69. The van der Waals surface area contributed by atoms with Crippen molar-refractivity contribution >= 4 is 23.1 Å². The van der Waals surface area contributed by atoms with Crippen LogP contribution in [0.1, 0.15) is 31.9 Å². The van der Waals surface area contributed by atoms with Crippen molar-refractivity contribution in [2.45, 2.75) is 36.6 Å². The summed E-state index contributed by atoms with van der Waals surface area (Å²) in [6.45, 7) is 2.17. The minimum absolute atomic E-state index is 0.146. The zero-order valence-corrected chi connectivity index (χ0v) is 12.7. The van der Waals surface area contributed by atoms with Gasteiger partial charge in [0, 0.05) is 15.8 Å². The molecular weight excluding hydrogens is 272 g/mol. The summed E-state index contributed by atoms with van der Waals surface area (Å²) in [5, 5.41) is 3.21. The molecule has 2 aromatic rings. The first kappa shape index (κ1) is 13.2. The second-order valence-corrected chi connectivity index (χ2v) is 7.20. The van der Waals surface area contributed by atoms with E-state index in [9.17, 15) is 0 Å². The van der Waals surface area contributed by atoms with Gasteiger partial charge in [-0.1, -0.05) is 19.1 Å². The third-order valence-electron chi connectivity index (χ3n) is 3.67. The predicted molar refractivity (Wildman–Crippen MR) is 83.7 cm³/mol. The molecule has 100 valence electrons. The largest absolute Gasteiger partial charge is 0.320 e. The van der Waals surface area contributed by atoms with E-state index in [1.54, 1.807) is 11.3 Å². The van der Waals surface area contributed by atoms with Crippen LogP contribution in [0.2, 0.25) is 0 Å². The fourth-order valence-corrected chi connectivity index (χ4v) is 3.90. The van der Waals surface area contributed by atoms with Gasteiger partial charge in [0.05, 0.1) is 11.2 Å². The fourth-order valence-electron chi connectivity index (χ4n) is 2.31. The summed E-state index contributed by atoms with van der Waals surface area (Å²) in [6.07, 6.45) is 3.37. The van der Waals surface area contributed by atoms with Crippen molar-refractivity contribution in [3.05, 3.63) is 35.3 Å². The van der Waals surface area contributed by atoms with Gasteiger partial charge < -0.3 is 5.73 Å². The van der Waals surface area contributed by atoms with E-state index in [-0.39, 0.29) is 5.54 Å². The number of hydrogen-bond acceptors (Lipinski definition) is 4. The molecular formula is C15H18N2S2. The van der Waals surface area contributed by atoms with Crippen LogP contribution in [-0.2, 0) is 5.54 Å². The Morgan fingerprint density at radius 1 is 1.32 bits per heavy atom. The Morgan fingerprint density at radius 3 is 2.63 bits per heavy atom. The number of thioether (sulfide) groups is 1. The maximum Gasteiger partial charge on any atom is 0.123 e. The summed E-state index contributed by atoms with van der Waals surface area (Å²) in [5.74, 6) is 1.11. The molecule has 0 aliphatic heterocycles. The van der Waals surface area contributed by atoms with E-state index in [4.69, 9.17) is 10.7 Å². The van der Waals surface area contributed by atoms with E-state index >= 15 is 0 Å². The lowest BCUT2D eigenvalue weighted by Gasteiger charge is -2.36. The molecule has 0 bridgehead atoms. The molecule has 0 radical (unpaired) electrons. The minimum atomic E-state index is -0.146. The highest BCUT2D eigenvalue weighted by Gasteiger charge is 2.36. The van der Waals surface area contributed by atoms with Gasteiger partial charge in [-0.2, -0.15) is 0 Å². The van der Waals surface area contributed by atoms with Crippen molar-refractivity contribution < 1.29 is 0 Å². The summed E-state index contributed by atoms with van der Waals surface area (Å²) >= 11 is 3.56. The molecule has 19 heavy (non-hydrogen) atoms. The number of thiazole rings is 1. The van der Waals surface area contributed by atoms with E-state index in [1.807, 2.05) is 11.8 Å². The van der Waals surface area contributed by atoms with Crippen molar-refractivity contribution in [1.82, 2.24) is 4.98 Å². The molecule has 1 aliphatic rings. The van der Waals surface area contributed by atoms with E-state index in [2.05, 4.69) is 36.6 Å². The Morgan fingerprint density at radius 2 is 2.05 bits per heavy atom. The third-order valence-corrected chi connectivity index (χ3v) is 5.46. The van der Waals surface area contributed by atoms with E-state index in [0.717, 1.165) is 29.3 Å². The predicted octanol–water partition coefficient (Wildman–Crippen LogP) is 4.26. The number of nitrogens with two attached hydrogens (primary N) is 1. The third kappa shape index (κ3) is 2.57. The minimum Gasteiger partial charge on any atom is -0.320 e. The van der Waals surface area contributed by atoms with E-state index in [0.29, 0.717) is 0 Å². The molecule has 1 heterocycles. The van der Waals surface area contributed by atoms with Crippen LogP contribution >= 0.6 is 23.1 Å². The zero-order valence-electron chi connectivity index (χ0n) is 11.1. The molecule has 1 saturated carbocycles. The van der Waals surface area contributed by atoms with Crippen molar-refractivity contribution in [1.29, 1.82) is 0 Å². The number of nitrogens with zero attached hydrogens (tertiary/aromatic N) is 1. The average Bonchev–Trinajstić information content (AvgIpc) is 2.87. The zero-order chi connectivity index (χ0) is 13.3. The SMILES string of the molecule is CCSc1ccc(-c2nc(C3(N)CCC3)cs2)cc1. The van der Waals surface area contributed by atoms with Gasteiger partial charge in [0.2, 0.25) is 0 Å². The van der Waals surface area contributed by atoms with Gasteiger partial charge in [-0.15, -0.1) is 23.1 Å². The molecule has 1 fully saturated rings. The number of rotatable bonds is 4.